The minimum absolute atomic E-state index is 0.167. The standard InChI is InChI=1S/C17H18F2N2O/c1-10-4-7-15(11(2)8-10)20-12(3)17(22)21-16-9-13(18)5-6-14(16)19/h4-9,12,20H,1-3H3,(H,21,22). The molecule has 0 bridgehead atoms. The number of rotatable bonds is 4. The maximum atomic E-state index is 13.5. The van der Waals surface area contributed by atoms with Gasteiger partial charge in [0.2, 0.25) is 5.91 Å². The fourth-order valence-electron chi connectivity index (χ4n) is 2.11. The summed E-state index contributed by atoms with van der Waals surface area (Å²) in [5.41, 5.74) is 2.80. The molecule has 2 rings (SSSR count). The van der Waals surface area contributed by atoms with Crippen LogP contribution in [0.5, 0.6) is 0 Å². The molecule has 2 N–H and O–H groups in total. The van der Waals surface area contributed by atoms with Crippen molar-refractivity contribution in [3.63, 3.8) is 0 Å². The highest BCUT2D eigenvalue weighted by atomic mass is 19.1. The summed E-state index contributed by atoms with van der Waals surface area (Å²) in [7, 11) is 0. The number of nitrogens with one attached hydrogen (secondary N) is 2. The molecule has 5 heteroatoms. The maximum absolute atomic E-state index is 13.5. The van der Waals surface area contributed by atoms with E-state index in [2.05, 4.69) is 10.6 Å². The zero-order valence-electron chi connectivity index (χ0n) is 12.7. The number of aryl methyl sites for hydroxylation is 2. The molecule has 0 aliphatic carbocycles. The fraction of sp³-hybridized carbons (Fsp3) is 0.235. The molecule has 0 aromatic heterocycles. The van der Waals surface area contributed by atoms with Crippen molar-refractivity contribution < 1.29 is 13.6 Å². The van der Waals surface area contributed by atoms with E-state index in [1.165, 1.54) is 0 Å². The van der Waals surface area contributed by atoms with E-state index in [0.29, 0.717) is 0 Å². The molecule has 2 aromatic rings. The molecule has 0 heterocycles. The largest absolute Gasteiger partial charge is 0.374 e. The van der Waals surface area contributed by atoms with E-state index in [4.69, 9.17) is 0 Å². The average Bonchev–Trinajstić information content (AvgIpc) is 2.45. The second kappa shape index (κ2) is 6.56. The first-order valence-corrected chi connectivity index (χ1v) is 6.96. The Morgan fingerprint density at radius 3 is 2.45 bits per heavy atom. The Bertz CT molecular complexity index is 701. The Labute approximate surface area is 128 Å². The lowest BCUT2D eigenvalue weighted by Gasteiger charge is -2.17. The van der Waals surface area contributed by atoms with Gasteiger partial charge >= 0.3 is 0 Å². The van der Waals surface area contributed by atoms with Gasteiger partial charge in [0.25, 0.3) is 0 Å². The van der Waals surface area contributed by atoms with Crippen LogP contribution in [0.3, 0.4) is 0 Å². The maximum Gasteiger partial charge on any atom is 0.246 e. The molecule has 1 atom stereocenters. The molecule has 3 nitrogen and oxygen atoms in total. The van der Waals surface area contributed by atoms with Crippen molar-refractivity contribution in [3.8, 4) is 0 Å². The minimum atomic E-state index is -0.673. The van der Waals surface area contributed by atoms with E-state index in [0.717, 1.165) is 35.0 Å². The van der Waals surface area contributed by atoms with Crippen LogP contribution in [0.2, 0.25) is 0 Å². The Morgan fingerprint density at radius 1 is 1.05 bits per heavy atom. The molecule has 0 fully saturated rings. The third-order valence-electron chi connectivity index (χ3n) is 3.33. The lowest BCUT2D eigenvalue weighted by Crippen LogP contribution is -2.32. The minimum Gasteiger partial charge on any atom is -0.374 e. The van der Waals surface area contributed by atoms with Crippen molar-refractivity contribution in [2.24, 2.45) is 0 Å². The number of benzene rings is 2. The van der Waals surface area contributed by atoms with Crippen LogP contribution in [0.4, 0.5) is 20.2 Å². The first-order chi connectivity index (χ1) is 10.4. The topological polar surface area (TPSA) is 41.1 Å². The van der Waals surface area contributed by atoms with Crippen molar-refractivity contribution in [1.82, 2.24) is 0 Å². The van der Waals surface area contributed by atoms with Crippen LogP contribution < -0.4 is 10.6 Å². The van der Waals surface area contributed by atoms with Gasteiger partial charge in [-0.3, -0.25) is 4.79 Å². The van der Waals surface area contributed by atoms with Gasteiger partial charge < -0.3 is 10.6 Å². The summed E-state index contributed by atoms with van der Waals surface area (Å²) in [6.07, 6.45) is 0. The van der Waals surface area contributed by atoms with Gasteiger partial charge in [-0.25, -0.2) is 8.78 Å². The Hall–Kier alpha value is -2.43. The molecule has 0 saturated carbocycles. The predicted molar refractivity (Wildman–Crippen MR) is 84.0 cm³/mol. The monoisotopic (exact) mass is 304 g/mol. The lowest BCUT2D eigenvalue weighted by molar-refractivity contribution is -0.116. The Kier molecular flexibility index (Phi) is 4.75. The first-order valence-electron chi connectivity index (χ1n) is 6.96. The van der Waals surface area contributed by atoms with E-state index >= 15 is 0 Å². The van der Waals surface area contributed by atoms with Gasteiger partial charge in [0.05, 0.1) is 5.69 Å². The molecule has 2 aromatic carbocycles. The second-order valence-electron chi connectivity index (χ2n) is 5.30. The highest BCUT2D eigenvalue weighted by Crippen LogP contribution is 2.19. The number of hydrogen-bond donors (Lipinski definition) is 2. The van der Waals surface area contributed by atoms with Gasteiger partial charge in [0.1, 0.15) is 17.7 Å². The van der Waals surface area contributed by atoms with Crippen molar-refractivity contribution >= 4 is 17.3 Å². The van der Waals surface area contributed by atoms with Crippen LogP contribution in [-0.4, -0.2) is 11.9 Å². The zero-order valence-corrected chi connectivity index (χ0v) is 12.7. The van der Waals surface area contributed by atoms with Crippen molar-refractivity contribution in [3.05, 3.63) is 59.2 Å². The zero-order chi connectivity index (χ0) is 16.3. The van der Waals surface area contributed by atoms with E-state index in [1.807, 2.05) is 32.0 Å². The summed E-state index contributed by atoms with van der Waals surface area (Å²) < 4.78 is 26.6. The summed E-state index contributed by atoms with van der Waals surface area (Å²) in [5.74, 6) is -1.72. The molecule has 0 saturated heterocycles. The molecule has 22 heavy (non-hydrogen) atoms. The van der Waals surface area contributed by atoms with Crippen LogP contribution in [0.25, 0.3) is 0 Å². The Morgan fingerprint density at radius 2 is 1.77 bits per heavy atom. The van der Waals surface area contributed by atoms with Crippen LogP contribution in [-0.2, 0) is 4.79 Å². The Balaban J connectivity index is 2.07. The van der Waals surface area contributed by atoms with Crippen molar-refractivity contribution in [2.45, 2.75) is 26.8 Å². The number of hydrogen-bond acceptors (Lipinski definition) is 2. The van der Waals surface area contributed by atoms with E-state index in [1.54, 1.807) is 6.92 Å². The number of carbonyl (C=O) groups is 1. The second-order valence-corrected chi connectivity index (χ2v) is 5.30. The van der Waals surface area contributed by atoms with E-state index in [9.17, 15) is 13.6 Å². The molecule has 0 spiro atoms. The number of halogens is 2. The SMILES string of the molecule is Cc1ccc(NC(C)C(=O)Nc2cc(F)ccc2F)c(C)c1. The third-order valence-corrected chi connectivity index (χ3v) is 3.33. The molecule has 0 aliphatic heterocycles. The predicted octanol–water partition coefficient (Wildman–Crippen LogP) is 4.02. The number of amides is 1. The first kappa shape index (κ1) is 15.9. The van der Waals surface area contributed by atoms with Gasteiger partial charge in [-0.1, -0.05) is 17.7 Å². The highest BCUT2D eigenvalue weighted by Gasteiger charge is 2.15. The smallest absolute Gasteiger partial charge is 0.246 e. The number of anilines is 2. The van der Waals surface area contributed by atoms with Gasteiger partial charge in [0, 0.05) is 11.8 Å². The van der Waals surface area contributed by atoms with Gasteiger partial charge in [-0.15, -0.1) is 0 Å². The normalized spacial score (nSPS) is 11.9. The summed E-state index contributed by atoms with van der Waals surface area (Å²) in [5, 5.41) is 5.45. The highest BCUT2D eigenvalue weighted by molar-refractivity contribution is 5.96. The lowest BCUT2D eigenvalue weighted by atomic mass is 10.1. The van der Waals surface area contributed by atoms with Crippen LogP contribution in [0.1, 0.15) is 18.1 Å². The van der Waals surface area contributed by atoms with Crippen molar-refractivity contribution in [1.29, 1.82) is 0 Å². The summed E-state index contributed by atoms with van der Waals surface area (Å²) in [6, 6.07) is 8.17. The molecule has 1 unspecified atom stereocenters. The third kappa shape index (κ3) is 3.81. The van der Waals surface area contributed by atoms with Gasteiger partial charge in [-0.2, -0.15) is 0 Å². The molecular weight excluding hydrogens is 286 g/mol. The summed E-state index contributed by atoms with van der Waals surface area (Å²) in [6.45, 7) is 5.58. The molecule has 1 amide bonds. The van der Waals surface area contributed by atoms with Crippen LogP contribution in [0.15, 0.2) is 36.4 Å². The van der Waals surface area contributed by atoms with Crippen molar-refractivity contribution in [2.75, 3.05) is 10.6 Å². The fourth-order valence-corrected chi connectivity index (χ4v) is 2.11. The van der Waals surface area contributed by atoms with Gasteiger partial charge in [-0.05, 0) is 44.5 Å². The van der Waals surface area contributed by atoms with E-state index < -0.39 is 23.6 Å². The molecule has 116 valence electrons. The van der Waals surface area contributed by atoms with Crippen LogP contribution in [0, 0.1) is 25.5 Å². The molecule has 0 radical (unpaired) electrons. The quantitative estimate of drug-likeness (QED) is 0.895. The van der Waals surface area contributed by atoms with E-state index in [-0.39, 0.29) is 5.69 Å². The van der Waals surface area contributed by atoms with Gasteiger partial charge in [0.15, 0.2) is 0 Å². The summed E-state index contributed by atoms with van der Waals surface area (Å²) >= 11 is 0. The average molecular weight is 304 g/mol. The summed E-state index contributed by atoms with van der Waals surface area (Å²) in [4.78, 5) is 12.1. The number of carbonyl (C=O) groups excluding carboxylic acids is 1. The molecular formula is C17H18F2N2O. The molecule has 0 aliphatic rings. The van der Waals surface area contributed by atoms with Crippen LogP contribution >= 0.6 is 0 Å².